The van der Waals surface area contributed by atoms with E-state index in [0.717, 1.165) is 11.6 Å². The third-order valence-electron chi connectivity index (χ3n) is 8.35. The van der Waals surface area contributed by atoms with Gasteiger partial charge in [-0.3, -0.25) is 14.6 Å². The van der Waals surface area contributed by atoms with Gasteiger partial charge in [0, 0.05) is 28.3 Å². The summed E-state index contributed by atoms with van der Waals surface area (Å²) in [4.78, 5) is 34.8. The number of hydrogen-bond acceptors (Lipinski definition) is 7. The topological polar surface area (TPSA) is 137 Å². The number of aryl methyl sites for hydroxylation is 1. The summed E-state index contributed by atoms with van der Waals surface area (Å²) in [6, 6.07) is 10.9. The van der Waals surface area contributed by atoms with Crippen LogP contribution in [0.4, 0.5) is 17.6 Å². The second kappa shape index (κ2) is 11.3. The predicted octanol–water partition coefficient (Wildman–Crippen LogP) is 4.46. The number of nitrogens with one attached hydrogen (secondary N) is 1. The van der Waals surface area contributed by atoms with Crippen molar-refractivity contribution in [2.75, 3.05) is 19.8 Å². The Balaban J connectivity index is 1.40. The van der Waals surface area contributed by atoms with Crippen molar-refractivity contribution < 1.29 is 41.7 Å². The van der Waals surface area contributed by atoms with Crippen molar-refractivity contribution in [2.45, 2.75) is 37.4 Å². The van der Waals surface area contributed by atoms with Gasteiger partial charge in [0.25, 0.3) is 5.91 Å². The number of nitrogens with zero attached hydrogens (tertiary/aromatic N) is 2. The van der Waals surface area contributed by atoms with Crippen LogP contribution in [-0.4, -0.2) is 53.3 Å². The van der Waals surface area contributed by atoms with E-state index in [2.05, 4.69) is 20.0 Å². The molecular formula is C32H28F4N4O5. The largest absolute Gasteiger partial charge is 0.489 e. The van der Waals surface area contributed by atoms with E-state index in [9.17, 15) is 32.3 Å². The molecule has 2 aromatic carbocycles. The molecule has 0 saturated heterocycles. The van der Waals surface area contributed by atoms with Crippen molar-refractivity contribution in [2.24, 2.45) is 11.7 Å². The van der Waals surface area contributed by atoms with Crippen molar-refractivity contribution in [1.82, 2.24) is 15.3 Å². The summed E-state index contributed by atoms with van der Waals surface area (Å²) in [6.07, 6.45) is 2.64. The first-order valence-electron chi connectivity index (χ1n) is 14.1. The van der Waals surface area contributed by atoms with Gasteiger partial charge in [-0.2, -0.15) is 8.78 Å². The third-order valence-corrected chi connectivity index (χ3v) is 8.35. The molecule has 13 heteroatoms. The Morgan fingerprint density at radius 3 is 2.58 bits per heavy atom. The average Bonchev–Trinajstić information content (AvgIpc) is 3.80. The smallest absolute Gasteiger partial charge is 0.387 e. The summed E-state index contributed by atoms with van der Waals surface area (Å²) >= 11 is 0. The van der Waals surface area contributed by atoms with Crippen molar-refractivity contribution in [3.8, 4) is 22.8 Å². The molecule has 1 saturated carbocycles. The predicted molar refractivity (Wildman–Crippen MR) is 154 cm³/mol. The number of aromatic nitrogens is 2. The highest BCUT2D eigenvalue weighted by Crippen LogP contribution is 2.50. The first-order valence-corrected chi connectivity index (χ1v) is 14.1. The number of primary amides is 1. The van der Waals surface area contributed by atoms with Crippen LogP contribution < -0.4 is 20.5 Å². The molecule has 2 aromatic heterocycles. The fraction of sp³-hybridized carbons (Fsp3) is 0.312. The number of benzene rings is 2. The Morgan fingerprint density at radius 1 is 1.20 bits per heavy atom. The van der Waals surface area contributed by atoms with E-state index in [4.69, 9.17) is 10.5 Å². The number of fused-ring (bicyclic) bond motifs is 2. The van der Waals surface area contributed by atoms with Crippen LogP contribution in [0.5, 0.6) is 11.5 Å². The van der Waals surface area contributed by atoms with Crippen LogP contribution in [0.25, 0.3) is 22.2 Å². The lowest BCUT2D eigenvalue weighted by atomic mass is 9.80. The van der Waals surface area contributed by atoms with Gasteiger partial charge in [-0.25, -0.2) is 13.8 Å². The molecule has 3 heterocycles. The molecule has 1 aliphatic carbocycles. The summed E-state index contributed by atoms with van der Waals surface area (Å²) in [5, 5.41) is 15.2. The highest BCUT2D eigenvalue weighted by atomic mass is 19.3. The van der Waals surface area contributed by atoms with Crippen LogP contribution in [0.15, 0.2) is 54.7 Å². The van der Waals surface area contributed by atoms with Gasteiger partial charge < -0.3 is 25.6 Å². The van der Waals surface area contributed by atoms with E-state index < -0.39 is 48.5 Å². The number of aliphatic hydroxyl groups is 1. The standard InChI is InChI=1S/C32H28F4N4O5/c1-16-8-18-9-19(10-23(45-30(35)36)25(18)38-12-16)28(41)39-14-32(43,20-4-5-20)24-11-22-27(44-15-31(22,13-33)29(37)42)26(40-24)17-2-6-21(34)7-3-17/h2-3,6-12,20,30,43H,4-5,13-15H2,1H3,(H2,37,42)(H,39,41)/t31-,32?/m1/s1. The number of pyridine rings is 2. The van der Waals surface area contributed by atoms with E-state index >= 15 is 0 Å². The molecule has 9 nitrogen and oxygen atoms in total. The number of ether oxygens (including phenoxy) is 2. The fourth-order valence-electron chi connectivity index (χ4n) is 5.68. The van der Waals surface area contributed by atoms with Gasteiger partial charge in [0.2, 0.25) is 5.91 Å². The monoisotopic (exact) mass is 624 g/mol. The number of amides is 2. The second-order valence-electron chi connectivity index (χ2n) is 11.4. The van der Waals surface area contributed by atoms with Crippen LogP contribution >= 0.6 is 0 Å². The minimum atomic E-state index is -3.16. The maximum Gasteiger partial charge on any atom is 0.387 e. The number of carbonyl (C=O) groups is 2. The quantitative estimate of drug-likeness (QED) is 0.222. The van der Waals surface area contributed by atoms with Gasteiger partial charge in [0.1, 0.15) is 47.1 Å². The third kappa shape index (κ3) is 5.41. The summed E-state index contributed by atoms with van der Waals surface area (Å²) in [7, 11) is 0. The summed E-state index contributed by atoms with van der Waals surface area (Å²) in [5.74, 6) is -2.77. The van der Waals surface area contributed by atoms with Crippen molar-refractivity contribution in [1.29, 1.82) is 0 Å². The van der Waals surface area contributed by atoms with E-state index in [1.54, 1.807) is 13.0 Å². The molecule has 0 bridgehead atoms. The number of hydrogen-bond donors (Lipinski definition) is 3. The SMILES string of the molecule is Cc1cnc2c(OC(F)F)cc(C(=O)NCC(O)(c3cc4c(c(-c5ccc(F)cc5)n3)OC[C@@]4(CF)C(N)=O)C3CC3)cc2c1. The first kappa shape index (κ1) is 30.3. The fourth-order valence-corrected chi connectivity index (χ4v) is 5.68. The van der Waals surface area contributed by atoms with Gasteiger partial charge in [-0.15, -0.1) is 0 Å². The molecular weight excluding hydrogens is 596 g/mol. The molecule has 234 valence electrons. The van der Waals surface area contributed by atoms with Crippen molar-refractivity contribution in [3.05, 3.63) is 82.9 Å². The summed E-state index contributed by atoms with van der Waals surface area (Å²) < 4.78 is 65.0. The lowest BCUT2D eigenvalue weighted by Gasteiger charge is -2.30. The zero-order valence-corrected chi connectivity index (χ0v) is 24.0. The molecule has 1 aliphatic heterocycles. The number of carbonyl (C=O) groups excluding carboxylic acids is 2. The molecule has 4 N–H and O–H groups in total. The molecule has 4 aromatic rings. The zero-order chi connectivity index (χ0) is 32.1. The maximum absolute atomic E-state index is 14.5. The lowest BCUT2D eigenvalue weighted by Crippen LogP contribution is -2.46. The number of alkyl halides is 3. The maximum atomic E-state index is 14.5. The van der Waals surface area contributed by atoms with Gasteiger partial charge in [-0.1, -0.05) is 0 Å². The van der Waals surface area contributed by atoms with Gasteiger partial charge in [-0.05, 0) is 79.8 Å². The molecule has 0 spiro atoms. The highest BCUT2D eigenvalue weighted by Gasteiger charge is 2.52. The van der Waals surface area contributed by atoms with Crippen LogP contribution in [0.1, 0.15) is 40.0 Å². The van der Waals surface area contributed by atoms with Gasteiger partial charge in [0.05, 0.1) is 12.2 Å². The van der Waals surface area contributed by atoms with Gasteiger partial charge >= 0.3 is 6.61 Å². The molecule has 2 atom stereocenters. The minimum absolute atomic E-state index is 0.0174. The summed E-state index contributed by atoms with van der Waals surface area (Å²) in [5.41, 5.74) is 3.46. The average molecular weight is 625 g/mol. The van der Waals surface area contributed by atoms with Crippen molar-refractivity contribution in [3.63, 3.8) is 0 Å². The Bertz CT molecular complexity index is 1820. The van der Waals surface area contributed by atoms with E-state index in [0.29, 0.717) is 23.8 Å². The Labute approximate surface area is 254 Å². The zero-order valence-electron chi connectivity index (χ0n) is 24.0. The van der Waals surface area contributed by atoms with Crippen molar-refractivity contribution >= 4 is 22.7 Å². The Hall–Kier alpha value is -4.78. The van der Waals surface area contributed by atoms with Crippen LogP contribution in [0, 0.1) is 18.7 Å². The van der Waals surface area contributed by atoms with E-state index in [1.165, 1.54) is 42.6 Å². The first-order chi connectivity index (χ1) is 21.4. The van der Waals surface area contributed by atoms with E-state index in [1.807, 2.05) is 0 Å². The van der Waals surface area contributed by atoms with Crippen LogP contribution in [-0.2, 0) is 15.8 Å². The molecule has 1 fully saturated rings. The number of halogens is 4. The molecule has 2 aliphatic rings. The number of rotatable bonds is 10. The molecule has 1 unspecified atom stereocenters. The van der Waals surface area contributed by atoms with E-state index in [-0.39, 0.29) is 52.0 Å². The molecule has 2 amide bonds. The summed E-state index contributed by atoms with van der Waals surface area (Å²) in [6.45, 7) is -3.35. The molecule has 6 rings (SSSR count). The normalized spacial score (nSPS) is 18.7. The van der Waals surface area contributed by atoms with Gasteiger partial charge in [0.15, 0.2) is 5.75 Å². The van der Waals surface area contributed by atoms with Crippen LogP contribution in [0.3, 0.4) is 0 Å². The minimum Gasteiger partial charge on any atom is -0.489 e. The lowest BCUT2D eigenvalue weighted by molar-refractivity contribution is -0.124. The second-order valence-corrected chi connectivity index (χ2v) is 11.4. The molecule has 0 radical (unpaired) electrons. The Kier molecular flexibility index (Phi) is 7.59. The Morgan fingerprint density at radius 2 is 1.93 bits per heavy atom. The molecule has 45 heavy (non-hydrogen) atoms. The van der Waals surface area contributed by atoms with Crippen LogP contribution in [0.2, 0.25) is 0 Å². The number of nitrogens with two attached hydrogens (primary N) is 1. The highest BCUT2D eigenvalue weighted by molar-refractivity contribution is 6.00.